The third-order valence-electron chi connectivity index (χ3n) is 7.88. The maximum Gasteiger partial charge on any atom is 0.347 e. The Morgan fingerprint density at radius 2 is 0.932 bits per heavy atom. The normalized spacial score (nSPS) is 11.8. The van der Waals surface area contributed by atoms with Crippen LogP contribution in [0.5, 0.6) is 23.0 Å². The second kappa shape index (κ2) is 9.17. The minimum absolute atomic E-state index is 0.144. The number of fused-ring (bicyclic) bond motifs is 2. The number of rotatable bonds is 4. The Kier molecular flexibility index (Phi) is 5.32. The molecule has 0 bridgehead atoms. The van der Waals surface area contributed by atoms with Crippen molar-refractivity contribution in [3.8, 4) is 45.9 Å². The number of methoxy groups -OCH3 is 2. The molecule has 44 heavy (non-hydrogen) atoms. The van der Waals surface area contributed by atoms with E-state index in [4.69, 9.17) is 18.3 Å². The quantitative estimate of drug-likeness (QED) is 0.224. The highest BCUT2D eigenvalue weighted by molar-refractivity contribution is 6.24. The van der Waals surface area contributed by atoms with E-state index in [1.165, 1.54) is 38.5 Å². The molecule has 0 aliphatic rings. The summed E-state index contributed by atoms with van der Waals surface area (Å²) in [4.78, 5) is 34.7. The Labute approximate surface area is 246 Å². The largest absolute Gasteiger partial charge is 0.504 e. The third-order valence-corrected chi connectivity index (χ3v) is 7.88. The van der Waals surface area contributed by atoms with Crippen molar-refractivity contribution < 1.29 is 28.5 Å². The van der Waals surface area contributed by atoms with E-state index in [1.54, 1.807) is 0 Å². The maximum atomic E-state index is 12.8. The van der Waals surface area contributed by atoms with Crippen molar-refractivity contribution in [1.82, 2.24) is 9.97 Å². The molecule has 214 valence electrons. The fourth-order valence-electron chi connectivity index (χ4n) is 5.84. The average Bonchev–Trinajstić information content (AvgIpc) is 3.03. The smallest absolute Gasteiger partial charge is 0.347 e. The molecule has 2 aromatic heterocycles. The van der Waals surface area contributed by atoms with Gasteiger partial charge in [-0.1, -0.05) is 24.3 Å². The van der Waals surface area contributed by atoms with Gasteiger partial charge in [-0.2, -0.15) is 0 Å². The summed E-state index contributed by atoms with van der Waals surface area (Å²) in [6.07, 6.45) is 0. The van der Waals surface area contributed by atoms with Gasteiger partial charge in [-0.05, 0) is 56.6 Å². The fourth-order valence-corrected chi connectivity index (χ4v) is 5.84. The summed E-state index contributed by atoms with van der Waals surface area (Å²) < 4.78 is 21.5. The molecule has 8 rings (SSSR count). The highest BCUT2D eigenvalue weighted by Crippen LogP contribution is 2.40. The van der Waals surface area contributed by atoms with Gasteiger partial charge in [0.2, 0.25) is 11.8 Å². The van der Waals surface area contributed by atoms with Gasteiger partial charge in [0, 0.05) is 35.4 Å². The zero-order valence-electron chi connectivity index (χ0n) is 23.2. The number of phenolic OH excluding ortho intramolecular Hbond substituents is 2. The number of aromatic nitrogens is 2. The second-order valence-electron chi connectivity index (χ2n) is 10.4. The van der Waals surface area contributed by atoms with Crippen LogP contribution in [0.15, 0.2) is 91.2 Å². The third kappa shape index (κ3) is 3.74. The molecular weight excluding hydrogens is 564 g/mol. The fraction of sp³-hybridized carbons (Fsp3) is 0.0588. The molecule has 2 N–H and O–H groups in total. The van der Waals surface area contributed by atoms with Crippen LogP contribution in [0.3, 0.4) is 0 Å². The van der Waals surface area contributed by atoms with Gasteiger partial charge in [0.1, 0.15) is 0 Å². The molecule has 0 saturated heterocycles. The van der Waals surface area contributed by atoms with Crippen LogP contribution in [-0.4, -0.2) is 34.4 Å². The van der Waals surface area contributed by atoms with E-state index in [1.807, 2.05) is 48.5 Å². The zero-order chi connectivity index (χ0) is 30.3. The van der Waals surface area contributed by atoms with Crippen LogP contribution < -0.4 is 20.7 Å². The van der Waals surface area contributed by atoms with Crippen LogP contribution in [0.4, 0.5) is 0 Å². The number of phenols is 2. The molecular formula is C34H20N2O8. The topological polar surface area (TPSA) is 145 Å². The van der Waals surface area contributed by atoms with Crippen LogP contribution in [-0.2, 0) is 0 Å². The zero-order valence-corrected chi connectivity index (χ0v) is 23.2. The van der Waals surface area contributed by atoms with Crippen molar-refractivity contribution in [2.75, 3.05) is 14.2 Å². The van der Waals surface area contributed by atoms with Crippen molar-refractivity contribution in [2.45, 2.75) is 0 Å². The van der Waals surface area contributed by atoms with Crippen molar-refractivity contribution in [2.24, 2.45) is 0 Å². The summed E-state index contributed by atoms with van der Waals surface area (Å²) in [5, 5.41) is 26.2. The number of benzene rings is 6. The number of ether oxygens (including phenoxy) is 2. The maximum absolute atomic E-state index is 12.8. The van der Waals surface area contributed by atoms with Gasteiger partial charge in [-0.25, -0.2) is 19.6 Å². The summed E-state index contributed by atoms with van der Waals surface area (Å²) in [5.74, 6) is 0.345. The van der Waals surface area contributed by atoms with Crippen molar-refractivity contribution in [1.29, 1.82) is 0 Å². The summed E-state index contributed by atoms with van der Waals surface area (Å²) in [6, 6.07) is 21.1. The predicted octanol–water partition coefficient (Wildman–Crippen LogP) is 6.35. The van der Waals surface area contributed by atoms with Gasteiger partial charge in [0.05, 0.1) is 36.0 Å². The number of hydrogen-bond acceptors (Lipinski definition) is 10. The lowest BCUT2D eigenvalue weighted by atomic mass is 9.91. The number of nitrogens with zero attached hydrogens (tertiary/aromatic N) is 2. The molecule has 0 unspecified atom stereocenters. The van der Waals surface area contributed by atoms with E-state index in [2.05, 4.69) is 9.97 Å². The molecule has 0 amide bonds. The highest BCUT2D eigenvalue weighted by atomic mass is 16.5. The Hall–Kier alpha value is -6.16. The van der Waals surface area contributed by atoms with E-state index < -0.39 is 11.3 Å². The first kappa shape index (κ1) is 25.5. The first-order valence-electron chi connectivity index (χ1n) is 13.5. The van der Waals surface area contributed by atoms with Crippen LogP contribution in [0.25, 0.3) is 77.0 Å². The minimum Gasteiger partial charge on any atom is -0.504 e. The molecule has 0 saturated carbocycles. The van der Waals surface area contributed by atoms with Gasteiger partial charge < -0.3 is 28.5 Å². The van der Waals surface area contributed by atoms with E-state index in [-0.39, 0.29) is 45.6 Å². The van der Waals surface area contributed by atoms with Crippen LogP contribution in [0.2, 0.25) is 0 Å². The first-order valence-corrected chi connectivity index (χ1v) is 13.5. The van der Waals surface area contributed by atoms with E-state index >= 15 is 0 Å². The summed E-state index contributed by atoms with van der Waals surface area (Å²) in [6.45, 7) is 0. The molecule has 0 fully saturated rings. The molecule has 0 atom stereocenters. The summed E-state index contributed by atoms with van der Waals surface area (Å²) >= 11 is 0. The van der Waals surface area contributed by atoms with Gasteiger partial charge in [0.25, 0.3) is 0 Å². The van der Waals surface area contributed by atoms with Gasteiger partial charge in [-0.15, -0.1) is 0 Å². The standard InChI is InChI=1S/C34H20N2O8/c1-41-27-13-23-21(11-25(27)37)33(39)43-31(35-23)19-7-15-3-5-17-9-20(10-18-6-4-16(8-19)29(15)30(17)18)32-36-24-14-28(42-2)26(38)12-22(24)34(40)44-32/h3-14,37-38H,1-2H3. The van der Waals surface area contributed by atoms with E-state index in [0.717, 1.165) is 32.3 Å². The molecule has 0 aliphatic heterocycles. The second-order valence-corrected chi connectivity index (χ2v) is 10.4. The minimum atomic E-state index is -0.621. The van der Waals surface area contributed by atoms with Gasteiger partial charge in [0.15, 0.2) is 23.0 Å². The van der Waals surface area contributed by atoms with Crippen molar-refractivity contribution >= 4 is 54.1 Å². The molecule has 2 heterocycles. The summed E-state index contributed by atoms with van der Waals surface area (Å²) in [7, 11) is 2.85. The Balaban J connectivity index is 1.29. The molecule has 10 heteroatoms. The lowest BCUT2D eigenvalue weighted by Crippen LogP contribution is -2.03. The van der Waals surface area contributed by atoms with E-state index in [0.29, 0.717) is 22.2 Å². The van der Waals surface area contributed by atoms with Crippen LogP contribution in [0.1, 0.15) is 0 Å². The lowest BCUT2D eigenvalue weighted by Gasteiger charge is -2.14. The predicted molar refractivity (Wildman–Crippen MR) is 165 cm³/mol. The Bertz CT molecular complexity index is 2360. The van der Waals surface area contributed by atoms with E-state index in [9.17, 15) is 19.8 Å². The Morgan fingerprint density at radius 3 is 1.27 bits per heavy atom. The number of hydrogen-bond donors (Lipinski definition) is 2. The SMILES string of the molecule is COc1cc2nc(-c3cc4ccc5cc(-c6nc7cc(OC)c(O)cc7c(=O)o6)cc6ccc(c3)c4c56)oc(=O)c2cc1O. The molecule has 10 nitrogen and oxygen atoms in total. The molecule has 0 radical (unpaired) electrons. The Morgan fingerprint density at radius 1 is 0.568 bits per heavy atom. The van der Waals surface area contributed by atoms with Gasteiger partial charge >= 0.3 is 11.3 Å². The van der Waals surface area contributed by atoms with Crippen molar-refractivity contribution in [3.05, 3.63) is 93.6 Å². The first-order chi connectivity index (χ1) is 21.3. The van der Waals surface area contributed by atoms with Crippen molar-refractivity contribution in [3.63, 3.8) is 0 Å². The molecule has 8 aromatic rings. The van der Waals surface area contributed by atoms with Crippen LogP contribution >= 0.6 is 0 Å². The van der Waals surface area contributed by atoms with Crippen LogP contribution in [0, 0.1) is 0 Å². The summed E-state index contributed by atoms with van der Waals surface area (Å²) in [5.41, 5.74) is 0.673. The molecule has 0 spiro atoms. The monoisotopic (exact) mass is 584 g/mol. The highest BCUT2D eigenvalue weighted by Gasteiger charge is 2.18. The molecule has 6 aromatic carbocycles. The van der Waals surface area contributed by atoms with Gasteiger partial charge in [-0.3, -0.25) is 0 Å². The molecule has 0 aliphatic carbocycles. The average molecular weight is 585 g/mol. The lowest BCUT2D eigenvalue weighted by molar-refractivity contribution is 0.374. The number of aromatic hydroxyl groups is 2.